The third-order valence-electron chi connectivity index (χ3n) is 2.69. The number of nitrogens with zero attached hydrogens (tertiary/aromatic N) is 1. The Morgan fingerprint density at radius 3 is 2.48 bits per heavy atom. The summed E-state index contributed by atoms with van der Waals surface area (Å²) in [5.41, 5.74) is 4.49. The van der Waals surface area contributed by atoms with Crippen molar-refractivity contribution in [2.75, 3.05) is 0 Å². The van der Waals surface area contributed by atoms with Crippen molar-refractivity contribution < 1.29 is 4.79 Å². The van der Waals surface area contributed by atoms with E-state index in [4.69, 9.17) is 34.8 Å². The molecule has 0 saturated heterocycles. The second kappa shape index (κ2) is 6.94. The standard InChI is InChI=1S/C15H11Cl3N2O/c1-9-2-4-11(13(17)6-9)15(21)20-19-8-10-3-5-12(16)14(18)7-10/h2-8H,1H3,(H,20,21). The minimum Gasteiger partial charge on any atom is -0.267 e. The van der Waals surface area contributed by atoms with Gasteiger partial charge in [0.25, 0.3) is 5.91 Å². The van der Waals surface area contributed by atoms with Crippen molar-refractivity contribution in [3.05, 3.63) is 68.2 Å². The number of aryl methyl sites for hydroxylation is 1. The summed E-state index contributed by atoms with van der Waals surface area (Å²) in [5, 5.41) is 5.14. The van der Waals surface area contributed by atoms with Crippen LogP contribution in [0.25, 0.3) is 0 Å². The zero-order chi connectivity index (χ0) is 15.4. The first-order valence-electron chi connectivity index (χ1n) is 6.02. The minimum absolute atomic E-state index is 0.369. The maximum absolute atomic E-state index is 11.9. The van der Waals surface area contributed by atoms with Crippen molar-refractivity contribution in [2.45, 2.75) is 6.92 Å². The van der Waals surface area contributed by atoms with Crippen LogP contribution >= 0.6 is 34.8 Å². The summed E-state index contributed by atoms with van der Waals surface area (Å²) >= 11 is 17.7. The van der Waals surface area contributed by atoms with Crippen molar-refractivity contribution in [1.29, 1.82) is 0 Å². The molecule has 0 bridgehead atoms. The summed E-state index contributed by atoms with van der Waals surface area (Å²) in [6, 6.07) is 10.2. The van der Waals surface area contributed by atoms with Crippen LogP contribution in [0, 0.1) is 6.92 Å². The van der Waals surface area contributed by atoms with Crippen molar-refractivity contribution >= 4 is 46.9 Å². The molecule has 0 unspecified atom stereocenters. The van der Waals surface area contributed by atoms with Crippen LogP contribution in [-0.2, 0) is 0 Å². The summed E-state index contributed by atoms with van der Waals surface area (Å²) in [6.45, 7) is 1.90. The van der Waals surface area contributed by atoms with Crippen molar-refractivity contribution in [2.24, 2.45) is 5.10 Å². The van der Waals surface area contributed by atoms with E-state index in [1.807, 2.05) is 13.0 Å². The molecule has 1 N–H and O–H groups in total. The number of hydrazone groups is 1. The van der Waals surface area contributed by atoms with E-state index in [0.29, 0.717) is 20.6 Å². The Hall–Kier alpha value is -1.55. The fourth-order valence-corrected chi connectivity index (χ4v) is 2.25. The van der Waals surface area contributed by atoms with Crippen LogP contribution in [0.15, 0.2) is 41.5 Å². The molecule has 0 atom stereocenters. The smallest absolute Gasteiger partial charge is 0.267 e. The van der Waals surface area contributed by atoms with Gasteiger partial charge in [-0.3, -0.25) is 4.79 Å². The number of hydrogen-bond acceptors (Lipinski definition) is 2. The Balaban J connectivity index is 2.06. The Kier molecular flexibility index (Phi) is 5.23. The second-order valence-corrected chi connectivity index (χ2v) is 5.58. The van der Waals surface area contributed by atoms with Gasteiger partial charge in [-0.15, -0.1) is 0 Å². The van der Waals surface area contributed by atoms with E-state index in [0.717, 1.165) is 11.1 Å². The number of carbonyl (C=O) groups is 1. The maximum atomic E-state index is 11.9. The zero-order valence-electron chi connectivity index (χ0n) is 11.0. The fourth-order valence-electron chi connectivity index (χ4n) is 1.62. The van der Waals surface area contributed by atoms with Crippen LogP contribution in [0.5, 0.6) is 0 Å². The molecule has 2 aromatic rings. The number of rotatable bonds is 3. The lowest BCUT2D eigenvalue weighted by molar-refractivity contribution is 0.0955. The molecule has 0 radical (unpaired) electrons. The van der Waals surface area contributed by atoms with Crippen molar-refractivity contribution in [3.8, 4) is 0 Å². The lowest BCUT2D eigenvalue weighted by Crippen LogP contribution is -2.18. The molecular formula is C15H11Cl3N2O. The van der Waals surface area contributed by atoms with E-state index in [-0.39, 0.29) is 5.91 Å². The topological polar surface area (TPSA) is 41.5 Å². The Morgan fingerprint density at radius 1 is 1.05 bits per heavy atom. The third kappa shape index (κ3) is 4.21. The largest absolute Gasteiger partial charge is 0.272 e. The molecule has 0 aromatic heterocycles. The molecule has 0 saturated carbocycles. The lowest BCUT2D eigenvalue weighted by atomic mass is 10.1. The van der Waals surface area contributed by atoms with Gasteiger partial charge in [-0.05, 0) is 42.3 Å². The normalized spacial score (nSPS) is 10.9. The van der Waals surface area contributed by atoms with E-state index < -0.39 is 0 Å². The molecule has 0 aliphatic heterocycles. The molecule has 108 valence electrons. The first-order chi connectivity index (χ1) is 9.97. The second-order valence-electron chi connectivity index (χ2n) is 4.36. The van der Waals surface area contributed by atoms with Crippen LogP contribution < -0.4 is 5.43 Å². The molecule has 0 spiro atoms. The minimum atomic E-state index is -0.378. The first kappa shape index (κ1) is 15.8. The van der Waals surface area contributed by atoms with Crippen LogP contribution in [0.1, 0.15) is 21.5 Å². The Morgan fingerprint density at radius 2 is 1.81 bits per heavy atom. The Labute approximate surface area is 137 Å². The number of halogens is 3. The van der Waals surface area contributed by atoms with Crippen LogP contribution in [0.2, 0.25) is 15.1 Å². The molecule has 0 fully saturated rings. The molecule has 21 heavy (non-hydrogen) atoms. The fraction of sp³-hybridized carbons (Fsp3) is 0.0667. The van der Waals surface area contributed by atoms with Crippen LogP contribution in [0.4, 0.5) is 0 Å². The summed E-state index contributed by atoms with van der Waals surface area (Å²) < 4.78 is 0. The highest BCUT2D eigenvalue weighted by atomic mass is 35.5. The average molecular weight is 342 g/mol. The number of carbonyl (C=O) groups excluding carboxylic acids is 1. The molecule has 0 aliphatic rings. The highest BCUT2D eigenvalue weighted by Gasteiger charge is 2.09. The predicted molar refractivity (Wildman–Crippen MR) is 87.7 cm³/mol. The van der Waals surface area contributed by atoms with Crippen molar-refractivity contribution in [1.82, 2.24) is 5.43 Å². The van der Waals surface area contributed by atoms with Gasteiger partial charge in [0.2, 0.25) is 0 Å². The molecule has 2 rings (SSSR count). The molecule has 0 aliphatic carbocycles. The lowest BCUT2D eigenvalue weighted by Gasteiger charge is -2.03. The highest BCUT2D eigenvalue weighted by Crippen LogP contribution is 2.21. The predicted octanol–water partition coefficient (Wildman–Crippen LogP) is 4.72. The number of amides is 1. The SMILES string of the molecule is Cc1ccc(C(=O)NN=Cc2ccc(Cl)c(Cl)c2)c(Cl)c1. The first-order valence-corrected chi connectivity index (χ1v) is 7.15. The van der Waals surface area contributed by atoms with Gasteiger partial charge in [0.15, 0.2) is 0 Å². The van der Waals surface area contributed by atoms with Crippen LogP contribution in [0.3, 0.4) is 0 Å². The molecule has 0 heterocycles. The van der Waals surface area contributed by atoms with Gasteiger partial charge in [-0.25, -0.2) is 5.43 Å². The van der Waals surface area contributed by atoms with E-state index in [1.165, 1.54) is 6.21 Å². The van der Waals surface area contributed by atoms with E-state index in [1.54, 1.807) is 30.3 Å². The van der Waals surface area contributed by atoms with Crippen molar-refractivity contribution in [3.63, 3.8) is 0 Å². The monoisotopic (exact) mass is 340 g/mol. The summed E-state index contributed by atoms with van der Waals surface area (Å²) in [6.07, 6.45) is 1.47. The highest BCUT2D eigenvalue weighted by molar-refractivity contribution is 6.42. The van der Waals surface area contributed by atoms with Gasteiger partial charge in [0.1, 0.15) is 0 Å². The molecule has 1 amide bonds. The molecule has 3 nitrogen and oxygen atoms in total. The van der Waals surface area contributed by atoms with Gasteiger partial charge < -0.3 is 0 Å². The zero-order valence-corrected chi connectivity index (χ0v) is 13.3. The average Bonchev–Trinajstić information content (AvgIpc) is 2.42. The van der Waals surface area contributed by atoms with Gasteiger partial charge in [0, 0.05) is 0 Å². The molecule has 2 aromatic carbocycles. The van der Waals surface area contributed by atoms with E-state index in [9.17, 15) is 4.79 Å². The molecule has 6 heteroatoms. The number of hydrogen-bond donors (Lipinski definition) is 1. The summed E-state index contributed by atoms with van der Waals surface area (Å²) in [7, 11) is 0. The van der Waals surface area contributed by atoms with E-state index >= 15 is 0 Å². The summed E-state index contributed by atoms with van der Waals surface area (Å²) in [5.74, 6) is -0.378. The third-order valence-corrected chi connectivity index (χ3v) is 3.74. The van der Waals surface area contributed by atoms with Crippen LogP contribution in [-0.4, -0.2) is 12.1 Å². The van der Waals surface area contributed by atoms with Gasteiger partial charge in [-0.1, -0.05) is 46.9 Å². The Bertz CT molecular complexity index is 714. The van der Waals surface area contributed by atoms with Gasteiger partial charge >= 0.3 is 0 Å². The maximum Gasteiger partial charge on any atom is 0.272 e. The van der Waals surface area contributed by atoms with E-state index in [2.05, 4.69) is 10.5 Å². The van der Waals surface area contributed by atoms with Gasteiger partial charge in [0.05, 0.1) is 26.8 Å². The number of benzene rings is 2. The number of nitrogens with one attached hydrogen (secondary N) is 1. The quantitative estimate of drug-likeness (QED) is 0.637. The van der Waals surface area contributed by atoms with Gasteiger partial charge in [-0.2, -0.15) is 5.10 Å². The summed E-state index contributed by atoms with van der Waals surface area (Å²) in [4.78, 5) is 11.9. The molecular weight excluding hydrogens is 331 g/mol.